The van der Waals surface area contributed by atoms with E-state index in [0.717, 1.165) is 34.0 Å². The first-order chi connectivity index (χ1) is 16.7. The van der Waals surface area contributed by atoms with E-state index in [9.17, 15) is 9.59 Å². The molecule has 1 aromatic heterocycles. The van der Waals surface area contributed by atoms with Gasteiger partial charge in [-0.05, 0) is 35.6 Å². The number of H-pyrrole nitrogens is 1. The standard InChI is InChI=1S/C29H29N3O2/c33-28(18-21-10-3-1-4-11-21)32-17-9-16-27(32)29(34)31-19-24(22-12-5-2-6-13-22)25-20-30-26-15-8-7-14-23(25)26/h1-8,10-15,20,24,27,30H,9,16-19H2,(H,31,34). The topological polar surface area (TPSA) is 65.2 Å². The summed E-state index contributed by atoms with van der Waals surface area (Å²) in [6.45, 7) is 1.11. The zero-order valence-corrected chi connectivity index (χ0v) is 19.1. The average Bonchev–Trinajstić information content (AvgIpc) is 3.54. The maximum atomic E-state index is 13.3. The highest BCUT2D eigenvalue weighted by Gasteiger charge is 2.34. The van der Waals surface area contributed by atoms with Crippen LogP contribution in [0.1, 0.15) is 35.4 Å². The lowest BCUT2D eigenvalue weighted by Crippen LogP contribution is -2.47. The van der Waals surface area contributed by atoms with Crippen molar-refractivity contribution in [3.8, 4) is 0 Å². The van der Waals surface area contributed by atoms with Crippen LogP contribution in [-0.2, 0) is 16.0 Å². The highest BCUT2D eigenvalue weighted by molar-refractivity contribution is 5.89. The summed E-state index contributed by atoms with van der Waals surface area (Å²) in [6.07, 6.45) is 3.92. The summed E-state index contributed by atoms with van der Waals surface area (Å²) in [5.74, 6) is -0.0454. The molecule has 4 aromatic rings. The van der Waals surface area contributed by atoms with Crippen molar-refractivity contribution in [3.63, 3.8) is 0 Å². The molecule has 2 atom stereocenters. The summed E-state index contributed by atoms with van der Waals surface area (Å²) < 4.78 is 0. The van der Waals surface area contributed by atoms with Crippen LogP contribution in [0, 0.1) is 0 Å². The molecule has 5 nitrogen and oxygen atoms in total. The van der Waals surface area contributed by atoms with E-state index in [1.54, 1.807) is 4.90 Å². The molecule has 172 valence electrons. The Labute approximate surface area is 199 Å². The fourth-order valence-electron chi connectivity index (χ4n) is 5.01. The van der Waals surface area contributed by atoms with Gasteiger partial charge < -0.3 is 15.2 Å². The van der Waals surface area contributed by atoms with Gasteiger partial charge in [-0.25, -0.2) is 0 Å². The average molecular weight is 452 g/mol. The Morgan fingerprint density at radius 1 is 0.941 bits per heavy atom. The number of amides is 2. The Kier molecular flexibility index (Phi) is 6.43. The molecule has 1 aliphatic rings. The van der Waals surface area contributed by atoms with Crippen molar-refractivity contribution in [1.29, 1.82) is 0 Å². The molecule has 3 aromatic carbocycles. The van der Waals surface area contributed by atoms with Crippen LogP contribution in [-0.4, -0.2) is 40.8 Å². The van der Waals surface area contributed by atoms with Crippen LogP contribution in [0.5, 0.6) is 0 Å². The third kappa shape index (κ3) is 4.60. The third-order valence-corrected chi connectivity index (χ3v) is 6.75. The van der Waals surface area contributed by atoms with Crippen molar-refractivity contribution in [3.05, 3.63) is 108 Å². The molecule has 5 heteroatoms. The van der Waals surface area contributed by atoms with Gasteiger partial charge in [0.2, 0.25) is 11.8 Å². The SMILES string of the molecule is O=C(NCC(c1ccccc1)c1c[nH]c2ccccc12)C1CCCN1C(=O)Cc1ccccc1. The van der Waals surface area contributed by atoms with Gasteiger partial charge in [-0.2, -0.15) is 0 Å². The highest BCUT2D eigenvalue weighted by atomic mass is 16.2. The van der Waals surface area contributed by atoms with Crippen molar-refractivity contribution in [2.24, 2.45) is 0 Å². The highest BCUT2D eigenvalue weighted by Crippen LogP contribution is 2.30. The van der Waals surface area contributed by atoms with Crippen molar-refractivity contribution < 1.29 is 9.59 Å². The minimum atomic E-state index is -0.407. The number of rotatable bonds is 7. The minimum absolute atomic E-state index is 0.0103. The first-order valence-electron chi connectivity index (χ1n) is 11.9. The molecular formula is C29H29N3O2. The Morgan fingerprint density at radius 3 is 2.44 bits per heavy atom. The molecule has 34 heavy (non-hydrogen) atoms. The minimum Gasteiger partial charge on any atom is -0.361 e. The molecule has 0 bridgehead atoms. The van der Waals surface area contributed by atoms with Crippen molar-refractivity contribution in [2.75, 3.05) is 13.1 Å². The summed E-state index contributed by atoms with van der Waals surface area (Å²) in [7, 11) is 0. The van der Waals surface area contributed by atoms with E-state index >= 15 is 0 Å². The summed E-state index contributed by atoms with van der Waals surface area (Å²) >= 11 is 0. The Balaban J connectivity index is 1.32. The first kappa shape index (κ1) is 22.0. The lowest BCUT2D eigenvalue weighted by atomic mass is 9.91. The van der Waals surface area contributed by atoms with Crippen LogP contribution in [0.2, 0.25) is 0 Å². The molecule has 0 aliphatic carbocycles. The first-order valence-corrected chi connectivity index (χ1v) is 11.9. The molecule has 2 amide bonds. The zero-order chi connectivity index (χ0) is 23.3. The van der Waals surface area contributed by atoms with Gasteiger partial charge in [-0.15, -0.1) is 0 Å². The molecule has 1 saturated heterocycles. The quantitative estimate of drug-likeness (QED) is 0.430. The van der Waals surface area contributed by atoms with E-state index in [1.807, 2.05) is 66.9 Å². The Morgan fingerprint density at radius 2 is 1.65 bits per heavy atom. The summed E-state index contributed by atoms with van der Waals surface area (Å²) in [4.78, 5) is 31.3. The normalized spacial score (nSPS) is 16.5. The number of nitrogens with zero attached hydrogens (tertiary/aromatic N) is 1. The van der Waals surface area contributed by atoms with Gasteiger partial charge in [0.15, 0.2) is 0 Å². The van der Waals surface area contributed by atoms with Crippen LogP contribution < -0.4 is 5.32 Å². The number of fused-ring (bicyclic) bond motifs is 1. The van der Waals surface area contributed by atoms with Crippen LogP contribution in [0.25, 0.3) is 10.9 Å². The van der Waals surface area contributed by atoms with Crippen LogP contribution >= 0.6 is 0 Å². The predicted molar refractivity (Wildman–Crippen MR) is 134 cm³/mol. The molecule has 2 heterocycles. The number of likely N-dealkylation sites (tertiary alicyclic amines) is 1. The van der Waals surface area contributed by atoms with Gasteiger partial charge in [-0.1, -0.05) is 78.9 Å². The number of hydrogen-bond acceptors (Lipinski definition) is 2. The molecule has 0 spiro atoms. The van der Waals surface area contributed by atoms with Gasteiger partial charge in [-0.3, -0.25) is 9.59 Å². The molecule has 5 rings (SSSR count). The number of nitrogens with one attached hydrogen (secondary N) is 2. The summed E-state index contributed by atoms with van der Waals surface area (Å²) in [5, 5.41) is 4.34. The largest absolute Gasteiger partial charge is 0.361 e. The number of carbonyl (C=O) groups is 2. The van der Waals surface area contributed by atoms with Crippen molar-refractivity contribution in [2.45, 2.75) is 31.2 Å². The molecule has 0 radical (unpaired) electrons. The number of carbonyl (C=O) groups excluding carboxylic acids is 2. The van der Waals surface area contributed by atoms with Crippen molar-refractivity contribution >= 4 is 22.7 Å². The summed E-state index contributed by atoms with van der Waals surface area (Å²) in [5.41, 5.74) is 4.36. The molecular weight excluding hydrogens is 422 g/mol. The van der Waals surface area contributed by atoms with Crippen LogP contribution in [0.3, 0.4) is 0 Å². The number of aromatic nitrogens is 1. The van der Waals surface area contributed by atoms with E-state index in [1.165, 1.54) is 0 Å². The van der Waals surface area contributed by atoms with E-state index in [0.29, 0.717) is 25.9 Å². The molecule has 2 unspecified atom stereocenters. The van der Waals surface area contributed by atoms with Gasteiger partial charge in [0, 0.05) is 36.1 Å². The van der Waals surface area contributed by atoms with Crippen molar-refractivity contribution in [1.82, 2.24) is 15.2 Å². The Bertz CT molecular complexity index is 1270. The lowest BCUT2D eigenvalue weighted by Gasteiger charge is -2.25. The van der Waals surface area contributed by atoms with Gasteiger partial charge in [0.1, 0.15) is 6.04 Å². The second-order valence-electron chi connectivity index (χ2n) is 8.91. The monoisotopic (exact) mass is 451 g/mol. The number of hydrogen-bond donors (Lipinski definition) is 2. The van der Waals surface area contributed by atoms with Gasteiger partial charge in [0.05, 0.1) is 6.42 Å². The fraction of sp³-hybridized carbons (Fsp3) is 0.241. The second-order valence-corrected chi connectivity index (χ2v) is 8.91. The van der Waals surface area contributed by atoms with Crippen LogP contribution in [0.4, 0.5) is 0 Å². The van der Waals surface area contributed by atoms with E-state index in [4.69, 9.17) is 0 Å². The third-order valence-electron chi connectivity index (χ3n) is 6.75. The molecule has 0 saturated carbocycles. The molecule has 1 fully saturated rings. The molecule has 1 aliphatic heterocycles. The Hall–Kier alpha value is -3.86. The maximum absolute atomic E-state index is 13.3. The second kappa shape index (κ2) is 9.96. The van der Waals surface area contributed by atoms with E-state index in [-0.39, 0.29) is 17.7 Å². The zero-order valence-electron chi connectivity index (χ0n) is 19.1. The number of para-hydroxylation sites is 1. The summed E-state index contributed by atoms with van der Waals surface area (Å²) in [6, 6.07) is 27.8. The predicted octanol–water partition coefficient (Wildman–Crippen LogP) is 4.65. The van der Waals surface area contributed by atoms with E-state index in [2.05, 4.69) is 34.6 Å². The maximum Gasteiger partial charge on any atom is 0.242 e. The lowest BCUT2D eigenvalue weighted by molar-refractivity contribution is -0.137. The van der Waals surface area contributed by atoms with Gasteiger partial charge in [0.25, 0.3) is 0 Å². The van der Waals surface area contributed by atoms with E-state index < -0.39 is 6.04 Å². The number of aromatic amines is 1. The molecule has 2 N–H and O–H groups in total. The smallest absolute Gasteiger partial charge is 0.242 e. The van der Waals surface area contributed by atoms with Crippen LogP contribution in [0.15, 0.2) is 91.1 Å². The fourth-order valence-corrected chi connectivity index (χ4v) is 5.01. The van der Waals surface area contributed by atoms with Gasteiger partial charge >= 0.3 is 0 Å². The number of benzene rings is 3.